The second kappa shape index (κ2) is 11.7. The standard InChI is InChI=1S/C25H34BClN4O5/c1-24(2)25(3,4)36-26(35-24)19(11-7-9-16-8-6-10-17(27)14-16)31-23(33)18(15-34-5)20-21(22(28)32)30-13-12-29-20/h6,8,10,12-14,18-19H,7,9,11,15H2,1-5H3,(H2,28,32)(H,31,33)/t18-,19-/m0/s1. The van der Waals surface area contributed by atoms with Gasteiger partial charge in [-0.25, -0.2) is 4.98 Å². The molecule has 0 unspecified atom stereocenters. The van der Waals surface area contributed by atoms with E-state index in [4.69, 9.17) is 31.4 Å². The number of benzene rings is 1. The van der Waals surface area contributed by atoms with E-state index < -0.39 is 36.1 Å². The molecule has 3 N–H and O–H groups in total. The summed E-state index contributed by atoms with van der Waals surface area (Å²) >= 11 is 6.13. The van der Waals surface area contributed by atoms with Crippen molar-refractivity contribution < 1.29 is 23.6 Å². The predicted octanol–water partition coefficient (Wildman–Crippen LogP) is 3.10. The van der Waals surface area contributed by atoms with Gasteiger partial charge < -0.3 is 25.1 Å². The lowest BCUT2D eigenvalue weighted by Crippen LogP contribution is -2.50. The molecule has 11 heteroatoms. The number of amides is 2. The van der Waals surface area contributed by atoms with Gasteiger partial charge in [0.15, 0.2) is 0 Å². The monoisotopic (exact) mass is 516 g/mol. The number of aromatic nitrogens is 2. The van der Waals surface area contributed by atoms with Crippen LogP contribution in [-0.2, 0) is 25.3 Å². The third-order valence-electron chi connectivity index (χ3n) is 6.74. The van der Waals surface area contributed by atoms with Gasteiger partial charge in [0.1, 0.15) is 11.6 Å². The number of ether oxygens (including phenoxy) is 1. The van der Waals surface area contributed by atoms with Gasteiger partial charge in [0, 0.05) is 24.5 Å². The van der Waals surface area contributed by atoms with Crippen molar-refractivity contribution in [3.8, 4) is 0 Å². The van der Waals surface area contributed by atoms with Crippen LogP contribution in [-0.4, -0.2) is 59.8 Å². The number of nitrogens with zero attached hydrogens (tertiary/aromatic N) is 2. The number of carbonyl (C=O) groups excluding carboxylic acids is 2. The van der Waals surface area contributed by atoms with Gasteiger partial charge in [0.05, 0.1) is 29.4 Å². The number of aryl methyl sites for hydroxylation is 1. The van der Waals surface area contributed by atoms with Crippen molar-refractivity contribution in [2.24, 2.45) is 5.73 Å². The Morgan fingerprint density at radius 3 is 2.44 bits per heavy atom. The first-order chi connectivity index (χ1) is 16.9. The van der Waals surface area contributed by atoms with Crippen molar-refractivity contribution >= 4 is 30.5 Å². The zero-order chi connectivity index (χ0) is 26.5. The Morgan fingerprint density at radius 1 is 1.17 bits per heavy atom. The summed E-state index contributed by atoms with van der Waals surface area (Å²) in [6.07, 6.45) is 4.87. The smallest absolute Gasteiger partial charge is 0.402 e. The highest BCUT2D eigenvalue weighted by Gasteiger charge is 2.54. The third-order valence-corrected chi connectivity index (χ3v) is 6.97. The van der Waals surface area contributed by atoms with E-state index in [9.17, 15) is 9.59 Å². The molecule has 0 saturated carbocycles. The highest BCUT2D eigenvalue weighted by Crippen LogP contribution is 2.38. The molecule has 1 fully saturated rings. The summed E-state index contributed by atoms with van der Waals surface area (Å²) in [5, 5.41) is 3.75. The van der Waals surface area contributed by atoms with Crippen molar-refractivity contribution in [1.29, 1.82) is 0 Å². The van der Waals surface area contributed by atoms with E-state index >= 15 is 0 Å². The predicted molar refractivity (Wildman–Crippen MR) is 138 cm³/mol. The topological polar surface area (TPSA) is 126 Å². The molecule has 36 heavy (non-hydrogen) atoms. The van der Waals surface area contributed by atoms with E-state index in [0.717, 1.165) is 18.4 Å². The first-order valence-corrected chi connectivity index (χ1v) is 12.3. The summed E-state index contributed by atoms with van der Waals surface area (Å²) in [6.45, 7) is 7.84. The second-order valence-electron chi connectivity index (χ2n) is 9.92. The van der Waals surface area contributed by atoms with Gasteiger partial charge in [-0.2, -0.15) is 0 Å². The lowest BCUT2D eigenvalue weighted by molar-refractivity contribution is -0.124. The Morgan fingerprint density at radius 2 is 1.83 bits per heavy atom. The van der Waals surface area contributed by atoms with Crippen LogP contribution in [0.1, 0.15) is 68.2 Å². The fourth-order valence-corrected chi connectivity index (χ4v) is 4.28. The number of methoxy groups -OCH3 is 1. The van der Waals surface area contributed by atoms with Gasteiger partial charge in [0.25, 0.3) is 5.91 Å². The molecule has 2 amide bonds. The van der Waals surface area contributed by atoms with Gasteiger partial charge in [0.2, 0.25) is 5.91 Å². The molecule has 2 atom stereocenters. The Balaban J connectivity index is 1.82. The molecule has 0 aliphatic carbocycles. The van der Waals surface area contributed by atoms with E-state index in [1.165, 1.54) is 19.5 Å². The lowest BCUT2D eigenvalue weighted by atomic mass is 9.75. The van der Waals surface area contributed by atoms with E-state index in [-0.39, 0.29) is 23.9 Å². The minimum atomic E-state index is -0.899. The van der Waals surface area contributed by atoms with Gasteiger partial charge in [-0.3, -0.25) is 14.6 Å². The van der Waals surface area contributed by atoms with E-state index in [2.05, 4.69) is 15.3 Å². The largest absolute Gasteiger partial charge is 0.481 e. The lowest BCUT2D eigenvalue weighted by Gasteiger charge is -2.32. The molecule has 1 aromatic carbocycles. The van der Waals surface area contributed by atoms with Crippen molar-refractivity contribution in [3.63, 3.8) is 0 Å². The molecule has 1 aliphatic rings. The van der Waals surface area contributed by atoms with Crippen LogP contribution >= 0.6 is 11.6 Å². The quantitative estimate of drug-likeness (QED) is 0.440. The van der Waals surface area contributed by atoms with E-state index in [1.807, 2.05) is 52.0 Å². The zero-order valence-electron chi connectivity index (χ0n) is 21.4. The van der Waals surface area contributed by atoms with Gasteiger partial charge >= 0.3 is 7.12 Å². The van der Waals surface area contributed by atoms with Crippen LogP contribution < -0.4 is 11.1 Å². The second-order valence-corrected chi connectivity index (χ2v) is 10.4. The average Bonchev–Trinajstić information content (AvgIpc) is 3.03. The van der Waals surface area contributed by atoms with Gasteiger partial charge in [-0.1, -0.05) is 23.7 Å². The molecule has 3 rings (SSSR count). The van der Waals surface area contributed by atoms with Crippen LogP contribution in [0.4, 0.5) is 0 Å². The summed E-state index contributed by atoms with van der Waals surface area (Å²) in [5.41, 5.74) is 5.54. The van der Waals surface area contributed by atoms with Crippen LogP contribution in [0, 0.1) is 0 Å². The average molecular weight is 517 g/mol. The van der Waals surface area contributed by atoms with Crippen LogP contribution in [0.25, 0.3) is 0 Å². The summed E-state index contributed by atoms with van der Waals surface area (Å²) in [4.78, 5) is 33.7. The number of nitrogens with two attached hydrogens (primary N) is 1. The first-order valence-electron chi connectivity index (χ1n) is 12.0. The molecule has 0 bridgehead atoms. The number of hydrogen-bond acceptors (Lipinski definition) is 7. The highest BCUT2D eigenvalue weighted by molar-refractivity contribution is 6.48. The summed E-state index contributed by atoms with van der Waals surface area (Å²) in [5.74, 6) is -2.52. The van der Waals surface area contributed by atoms with Crippen molar-refractivity contribution in [3.05, 3.63) is 58.6 Å². The third kappa shape index (κ3) is 6.62. The molecule has 2 heterocycles. The molecule has 1 aliphatic heterocycles. The highest BCUT2D eigenvalue weighted by atomic mass is 35.5. The molecule has 2 aromatic rings. The SMILES string of the molecule is COC[C@H](C(=O)N[C@@H](CCCc1cccc(Cl)c1)B1OC(C)(C)C(C)(C)O1)c1nccnc1C(N)=O. The number of primary amides is 1. The minimum Gasteiger partial charge on any atom is -0.402 e. The molecule has 9 nitrogen and oxygen atoms in total. The summed E-state index contributed by atoms with van der Waals surface area (Å²) in [6, 6.07) is 7.69. The number of carbonyl (C=O) groups is 2. The molecule has 194 valence electrons. The Hall–Kier alpha value is -2.53. The van der Waals surface area contributed by atoms with Crippen LogP contribution in [0.3, 0.4) is 0 Å². The van der Waals surface area contributed by atoms with Crippen molar-refractivity contribution in [2.45, 2.75) is 70.0 Å². The molecular formula is C25H34BClN4O5. The zero-order valence-corrected chi connectivity index (χ0v) is 22.2. The molecule has 0 spiro atoms. The fourth-order valence-electron chi connectivity index (χ4n) is 4.07. The van der Waals surface area contributed by atoms with E-state index in [0.29, 0.717) is 11.4 Å². The summed E-state index contributed by atoms with van der Waals surface area (Å²) in [7, 11) is 0.802. The number of hydrogen-bond donors (Lipinski definition) is 2. The van der Waals surface area contributed by atoms with E-state index in [1.54, 1.807) is 0 Å². The maximum Gasteiger partial charge on any atom is 0.481 e. The number of rotatable bonds is 11. The molecule has 1 saturated heterocycles. The molecule has 0 radical (unpaired) electrons. The Labute approximate surface area is 217 Å². The maximum absolute atomic E-state index is 13.5. The Bertz CT molecular complexity index is 1070. The molecule has 1 aromatic heterocycles. The van der Waals surface area contributed by atoms with Gasteiger partial charge in [-0.15, -0.1) is 0 Å². The van der Waals surface area contributed by atoms with Gasteiger partial charge in [-0.05, 0) is 64.7 Å². The normalized spacial score (nSPS) is 18.0. The minimum absolute atomic E-state index is 0.0105. The van der Waals surface area contributed by atoms with Crippen LogP contribution in [0.15, 0.2) is 36.7 Å². The first kappa shape index (κ1) is 28.1. The number of halogens is 1. The summed E-state index contributed by atoms with van der Waals surface area (Å²) < 4.78 is 17.8. The fraction of sp³-hybridized carbons (Fsp3) is 0.520. The van der Waals surface area contributed by atoms with Crippen molar-refractivity contribution in [2.75, 3.05) is 13.7 Å². The van der Waals surface area contributed by atoms with Crippen molar-refractivity contribution in [1.82, 2.24) is 15.3 Å². The molecular weight excluding hydrogens is 483 g/mol. The van der Waals surface area contributed by atoms with Crippen LogP contribution in [0.2, 0.25) is 5.02 Å². The number of nitrogens with one attached hydrogen (secondary N) is 1. The Kier molecular flexibility index (Phi) is 9.10. The van der Waals surface area contributed by atoms with Crippen LogP contribution in [0.5, 0.6) is 0 Å². The maximum atomic E-state index is 13.5.